The lowest BCUT2D eigenvalue weighted by atomic mass is 10.2. The summed E-state index contributed by atoms with van der Waals surface area (Å²) >= 11 is 3.79. The molecule has 1 heterocycles. The Balaban J connectivity index is 1.81. The maximum atomic E-state index is 3.62. The van der Waals surface area contributed by atoms with E-state index in [0.29, 0.717) is 10.8 Å². The average molecular weight is 227 g/mol. The molecule has 1 aliphatic carbocycles. The van der Waals surface area contributed by atoms with E-state index >= 15 is 0 Å². The van der Waals surface area contributed by atoms with Crippen molar-refractivity contribution in [2.75, 3.05) is 12.8 Å². The van der Waals surface area contributed by atoms with E-state index in [4.69, 9.17) is 0 Å². The fraction of sp³-hybridized carbons (Fsp3) is 0.636. The maximum absolute atomic E-state index is 3.62. The summed E-state index contributed by atoms with van der Waals surface area (Å²) in [5, 5.41) is 8.00. The van der Waals surface area contributed by atoms with Crippen LogP contribution in [0.3, 0.4) is 0 Å². The van der Waals surface area contributed by atoms with Gasteiger partial charge in [0.25, 0.3) is 0 Å². The number of rotatable bonds is 5. The second-order valence-corrected chi connectivity index (χ2v) is 6.10. The Hall–Kier alpha value is 0.01000. The van der Waals surface area contributed by atoms with Crippen LogP contribution in [-0.4, -0.2) is 17.5 Å². The van der Waals surface area contributed by atoms with Gasteiger partial charge in [-0.2, -0.15) is 23.1 Å². The largest absolute Gasteiger partial charge is 0.309 e. The summed E-state index contributed by atoms with van der Waals surface area (Å²) in [5.41, 5.74) is 1.42. The quantitative estimate of drug-likeness (QED) is 0.828. The van der Waals surface area contributed by atoms with E-state index in [1.165, 1.54) is 18.4 Å². The first-order valence-electron chi connectivity index (χ1n) is 5.06. The van der Waals surface area contributed by atoms with Gasteiger partial charge in [0.05, 0.1) is 0 Å². The first-order chi connectivity index (χ1) is 6.76. The van der Waals surface area contributed by atoms with E-state index in [0.717, 1.165) is 6.54 Å². The van der Waals surface area contributed by atoms with Gasteiger partial charge in [-0.1, -0.05) is 0 Å². The summed E-state index contributed by atoms with van der Waals surface area (Å²) in [4.78, 5) is 0. The minimum Gasteiger partial charge on any atom is -0.309 e. The zero-order valence-corrected chi connectivity index (χ0v) is 10.4. The molecule has 0 aliphatic heterocycles. The highest BCUT2D eigenvalue weighted by Crippen LogP contribution is 2.46. The number of hydrogen-bond acceptors (Lipinski definition) is 3. The molecule has 0 radical (unpaired) electrons. The van der Waals surface area contributed by atoms with E-state index < -0.39 is 0 Å². The molecule has 1 unspecified atom stereocenters. The lowest BCUT2D eigenvalue weighted by Crippen LogP contribution is -2.28. The minimum absolute atomic E-state index is 0.505. The molecule has 1 aromatic heterocycles. The Morgan fingerprint density at radius 1 is 1.64 bits per heavy atom. The van der Waals surface area contributed by atoms with Crippen molar-refractivity contribution in [2.45, 2.75) is 30.6 Å². The van der Waals surface area contributed by atoms with Crippen molar-refractivity contribution in [1.82, 2.24) is 5.32 Å². The summed E-state index contributed by atoms with van der Waals surface area (Å²) in [6.07, 6.45) is 5.00. The maximum Gasteiger partial charge on any atom is 0.0300 e. The van der Waals surface area contributed by atoms with Crippen molar-refractivity contribution in [3.63, 3.8) is 0 Å². The molecule has 1 aliphatic rings. The smallest absolute Gasteiger partial charge is 0.0300 e. The third kappa shape index (κ3) is 2.33. The Labute approximate surface area is 94.3 Å². The summed E-state index contributed by atoms with van der Waals surface area (Å²) in [6.45, 7) is 3.41. The van der Waals surface area contributed by atoms with E-state index in [1.807, 2.05) is 11.8 Å². The zero-order chi connectivity index (χ0) is 10.0. The number of hydrogen-bond donors (Lipinski definition) is 1. The molecule has 1 saturated carbocycles. The van der Waals surface area contributed by atoms with Crippen molar-refractivity contribution in [3.05, 3.63) is 22.4 Å². The summed E-state index contributed by atoms with van der Waals surface area (Å²) in [6, 6.07) is 2.71. The summed E-state index contributed by atoms with van der Waals surface area (Å²) in [5.74, 6) is 0. The molecule has 0 spiro atoms. The Morgan fingerprint density at radius 2 is 2.43 bits per heavy atom. The number of thioether (sulfide) groups is 1. The normalized spacial score (nSPS) is 20.7. The molecule has 0 amide bonds. The third-order valence-corrected chi connectivity index (χ3v) is 5.13. The van der Waals surface area contributed by atoms with Crippen LogP contribution in [0.2, 0.25) is 0 Å². The number of nitrogens with one attached hydrogen (secondary N) is 1. The van der Waals surface area contributed by atoms with Gasteiger partial charge >= 0.3 is 0 Å². The topological polar surface area (TPSA) is 12.0 Å². The lowest BCUT2D eigenvalue weighted by Gasteiger charge is -2.17. The van der Waals surface area contributed by atoms with Crippen LogP contribution in [0.5, 0.6) is 0 Å². The van der Waals surface area contributed by atoms with Crippen LogP contribution in [-0.2, 0) is 0 Å². The minimum atomic E-state index is 0.505. The SMILES string of the molecule is CSC1(CNC(C)c2ccsc2)CC1. The van der Waals surface area contributed by atoms with E-state index in [-0.39, 0.29) is 0 Å². The molecule has 1 N–H and O–H groups in total. The fourth-order valence-electron chi connectivity index (χ4n) is 1.57. The van der Waals surface area contributed by atoms with Crippen LogP contribution in [0.4, 0.5) is 0 Å². The molecule has 1 aromatic rings. The lowest BCUT2D eigenvalue weighted by molar-refractivity contribution is 0.565. The molecule has 78 valence electrons. The Morgan fingerprint density at radius 3 is 2.93 bits per heavy atom. The fourth-order valence-corrected chi connectivity index (χ4v) is 3.06. The van der Waals surface area contributed by atoms with Crippen molar-refractivity contribution >= 4 is 23.1 Å². The van der Waals surface area contributed by atoms with Gasteiger partial charge in [0.2, 0.25) is 0 Å². The van der Waals surface area contributed by atoms with Crippen LogP contribution in [0.25, 0.3) is 0 Å². The van der Waals surface area contributed by atoms with Gasteiger partial charge < -0.3 is 5.32 Å². The highest BCUT2D eigenvalue weighted by molar-refractivity contribution is 8.00. The molecule has 0 saturated heterocycles. The summed E-state index contributed by atoms with van der Waals surface area (Å²) in [7, 11) is 0. The van der Waals surface area contributed by atoms with Gasteiger partial charge in [0, 0.05) is 17.3 Å². The Bertz CT molecular complexity index is 277. The molecule has 14 heavy (non-hydrogen) atoms. The van der Waals surface area contributed by atoms with Gasteiger partial charge in [0.1, 0.15) is 0 Å². The van der Waals surface area contributed by atoms with Crippen molar-refractivity contribution in [2.24, 2.45) is 0 Å². The highest BCUT2D eigenvalue weighted by Gasteiger charge is 2.41. The molecule has 3 heteroatoms. The average Bonchev–Trinajstić information content (AvgIpc) is 2.78. The van der Waals surface area contributed by atoms with Crippen LogP contribution in [0.1, 0.15) is 31.4 Å². The predicted octanol–water partition coefficient (Wildman–Crippen LogP) is 3.29. The molecule has 1 atom stereocenters. The molecule has 0 bridgehead atoms. The van der Waals surface area contributed by atoms with E-state index in [2.05, 4.69) is 35.3 Å². The molecule has 1 nitrogen and oxygen atoms in total. The van der Waals surface area contributed by atoms with Gasteiger partial charge in [-0.15, -0.1) is 0 Å². The standard InChI is InChI=1S/C11H17NS2/c1-9(10-3-6-14-7-10)12-8-11(13-2)4-5-11/h3,6-7,9,12H,4-5,8H2,1-2H3. The summed E-state index contributed by atoms with van der Waals surface area (Å²) < 4.78 is 0.574. The molecule has 0 aromatic carbocycles. The van der Waals surface area contributed by atoms with Crippen LogP contribution in [0, 0.1) is 0 Å². The first kappa shape index (κ1) is 10.5. The Kier molecular flexibility index (Phi) is 3.20. The zero-order valence-electron chi connectivity index (χ0n) is 8.75. The van der Waals surface area contributed by atoms with Gasteiger partial charge in [-0.05, 0) is 48.4 Å². The molecular weight excluding hydrogens is 210 g/mol. The van der Waals surface area contributed by atoms with Gasteiger partial charge in [-0.25, -0.2) is 0 Å². The number of thiophene rings is 1. The van der Waals surface area contributed by atoms with Crippen molar-refractivity contribution in [3.8, 4) is 0 Å². The highest BCUT2D eigenvalue weighted by atomic mass is 32.2. The van der Waals surface area contributed by atoms with E-state index in [1.54, 1.807) is 11.3 Å². The van der Waals surface area contributed by atoms with E-state index in [9.17, 15) is 0 Å². The predicted molar refractivity (Wildman–Crippen MR) is 66.2 cm³/mol. The molecule has 1 fully saturated rings. The van der Waals surface area contributed by atoms with Crippen LogP contribution in [0.15, 0.2) is 16.8 Å². The second kappa shape index (κ2) is 4.25. The second-order valence-electron chi connectivity index (χ2n) is 4.05. The monoisotopic (exact) mass is 227 g/mol. The first-order valence-corrected chi connectivity index (χ1v) is 7.23. The van der Waals surface area contributed by atoms with Crippen molar-refractivity contribution in [1.29, 1.82) is 0 Å². The van der Waals surface area contributed by atoms with Gasteiger partial charge in [-0.3, -0.25) is 0 Å². The van der Waals surface area contributed by atoms with Gasteiger partial charge in [0.15, 0.2) is 0 Å². The third-order valence-electron chi connectivity index (χ3n) is 3.01. The molecular formula is C11H17NS2. The molecule has 2 rings (SSSR count). The van der Waals surface area contributed by atoms with Crippen molar-refractivity contribution < 1.29 is 0 Å². The van der Waals surface area contributed by atoms with Crippen LogP contribution < -0.4 is 5.32 Å². The van der Waals surface area contributed by atoms with Crippen LogP contribution >= 0.6 is 23.1 Å².